The van der Waals surface area contributed by atoms with E-state index in [-0.39, 0.29) is 0 Å². The molecule has 0 atom stereocenters. The second-order valence-corrected chi connectivity index (χ2v) is 4.10. The van der Waals surface area contributed by atoms with Gasteiger partial charge in [-0.2, -0.15) is 4.98 Å². The SMILES string of the molecule is COc1cccc(N(C)c2cc(C)nc(NN)n2)c1. The van der Waals surface area contributed by atoms with Crippen LogP contribution in [-0.4, -0.2) is 24.1 Å². The molecule has 0 aliphatic heterocycles. The molecule has 0 radical (unpaired) electrons. The Morgan fingerprint density at radius 2 is 2.05 bits per heavy atom. The van der Waals surface area contributed by atoms with E-state index in [0.29, 0.717) is 5.95 Å². The molecule has 6 nitrogen and oxygen atoms in total. The predicted molar refractivity (Wildman–Crippen MR) is 75.6 cm³/mol. The normalized spacial score (nSPS) is 10.1. The van der Waals surface area contributed by atoms with Gasteiger partial charge in [0, 0.05) is 30.6 Å². The molecule has 1 aromatic carbocycles. The number of aromatic nitrogens is 2. The van der Waals surface area contributed by atoms with Gasteiger partial charge in [-0.05, 0) is 19.1 Å². The fourth-order valence-electron chi connectivity index (χ4n) is 1.74. The lowest BCUT2D eigenvalue weighted by atomic mass is 10.2. The van der Waals surface area contributed by atoms with E-state index < -0.39 is 0 Å². The zero-order valence-corrected chi connectivity index (χ0v) is 11.2. The fourth-order valence-corrected chi connectivity index (χ4v) is 1.74. The van der Waals surface area contributed by atoms with Crippen LogP contribution in [0.15, 0.2) is 30.3 Å². The van der Waals surface area contributed by atoms with Crippen LogP contribution in [0.3, 0.4) is 0 Å². The molecule has 0 spiro atoms. The third-order valence-electron chi connectivity index (χ3n) is 2.75. The van der Waals surface area contributed by atoms with Crippen LogP contribution in [0, 0.1) is 6.92 Å². The summed E-state index contributed by atoms with van der Waals surface area (Å²) in [4.78, 5) is 10.4. The van der Waals surface area contributed by atoms with Crippen molar-refractivity contribution in [2.24, 2.45) is 5.84 Å². The van der Waals surface area contributed by atoms with E-state index in [1.165, 1.54) is 0 Å². The molecule has 0 saturated heterocycles. The van der Waals surface area contributed by atoms with Crippen molar-refractivity contribution in [1.82, 2.24) is 9.97 Å². The highest BCUT2D eigenvalue weighted by molar-refractivity contribution is 5.62. The topological polar surface area (TPSA) is 76.3 Å². The number of methoxy groups -OCH3 is 1. The Kier molecular flexibility index (Phi) is 3.82. The molecular formula is C13H17N5O. The van der Waals surface area contributed by atoms with Crippen LogP contribution in [0.5, 0.6) is 5.75 Å². The lowest BCUT2D eigenvalue weighted by Crippen LogP contribution is -2.16. The highest BCUT2D eigenvalue weighted by Crippen LogP contribution is 2.26. The van der Waals surface area contributed by atoms with Gasteiger partial charge >= 0.3 is 0 Å². The minimum absolute atomic E-state index is 0.393. The quantitative estimate of drug-likeness (QED) is 0.644. The van der Waals surface area contributed by atoms with Crippen LogP contribution < -0.4 is 20.9 Å². The van der Waals surface area contributed by atoms with Crippen LogP contribution in [0.4, 0.5) is 17.5 Å². The number of nitrogens with two attached hydrogens (primary N) is 1. The van der Waals surface area contributed by atoms with E-state index in [0.717, 1.165) is 22.9 Å². The van der Waals surface area contributed by atoms with Crippen LogP contribution in [-0.2, 0) is 0 Å². The number of benzene rings is 1. The van der Waals surface area contributed by atoms with E-state index in [1.807, 2.05) is 49.2 Å². The minimum atomic E-state index is 0.393. The summed E-state index contributed by atoms with van der Waals surface area (Å²) >= 11 is 0. The van der Waals surface area contributed by atoms with Crippen LogP contribution in [0.2, 0.25) is 0 Å². The molecule has 2 aromatic rings. The van der Waals surface area contributed by atoms with Gasteiger partial charge < -0.3 is 9.64 Å². The maximum absolute atomic E-state index is 5.36. The molecule has 0 amide bonds. The molecule has 6 heteroatoms. The summed E-state index contributed by atoms with van der Waals surface area (Å²) in [5.41, 5.74) is 4.28. The average Bonchev–Trinajstić information content (AvgIpc) is 2.45. The van der Waals surface area contributed by atoms with Crippen molar-refractivity contribution in [3.8, 4) is 5.75 Å². The number of nitrogen functional groups attached to an aromatic ring is 1. The van der Waals surface area contributed by atoms with E-state index in [4.69, 9.17) is 10.6 Å². The Bertz CT molecular complexity index is 573. The number of anilines is 3. The molecule has 0 saturated carbocycles. The second kappa shape index (κ2) is 5.53. The lowest BCUT2D eigenvalue weighted by Gasteiger charge is -2.19. The number of aryl methyl sites for hydroxylation is 1. The summed E-state index contributed by atoms with van der Waals surface area (Å²) in [7, 11) is 3.57. The largest absolute Gasteiger partial charge is 0.497 e. The molecule has 0 aliphatic carbocycles. The van der Waals surface area contributed by atoms with Crippen molar-refractivity contribution in [3.05, 3.63) is 36.0 Å². The minimum Gasteiger partial charge on any atom is -0.497 e. The molecule has 0 aliphatic rings. The van der Waals surface area contributed by atoms with Crippen molar-refractivity contribution in [3.63, 3.8) is 0 Å². The van der Waals surface area contributed by atoms with Crippen LogP contribution in [0.25, 0.3) is 0 Å². The molecule has 3 N–H and O–H groups in total. The summed E-state index contributed by atoms with van der Waals surface area (Å²) in [6.07, 6.45) is 0. The first kappa shape index (κ1) is 13.1. The van der Waals surface area contributed by atoms with Gasteiger partial charge in [-0.15, -0.1) is 0 Å². The first-order valence-corrected chi connectivity index (χ1v) is 5.84. The van der Waals surface area contributed by atoms with Crippen LogP contribution in [0.1, 0.15) is 5.69 Å². The number of hydrazine groups is 1. The molecule has 0 bridgehead atoms. The monoisotopic (exact) mass is 259 g/mol. The maximum Gasteiger partial charge on any atom is 0.239 e. The van der Waals surface area contributed by atoms with Gasteiger partial charge in [-0.1, -0.05) is 6.07 Å². The van der Waals surface area contributed by atoms with E-state index in [1.54, 1.807) is 7.11 Å². The van der Waals surface area contributed by atoms with Gasteiger partial charge in [-0.3, -0.25) is 5.43 Å². The standard InChI is InChI=1S/C13H17N5O/c1-9-7-12(16-13(15-9)17-14)18(2)10-5-4-6-11(8-10)19-3/h4-8H,14H2,1-3H3,(H,15,16,17). The molecular weight excluding hydrogens is 242 g/mol. The fraction of sp³-hybridized carbons (Fsp3) is 0.231. The van der Waals surface area contributed by atoms with Crippen LogP contribution >= 0.6 is 0 Å². The van der Waals surface area contributed by atoms with Gasteiger partial charge in [0.1, 0.15) is 11.6 Å². The third-order valence-corrected chi connectivity index (χ3v) is 2.75. The lowest BCUT2D eigenvalue weighted by molar-refractivity contribution is 0.415. The van der Waals surface area contributed by atoms with Gasteiger partial charge in [0.05, 0.1) is 7.11 Å². The van der Waals surface area contributed by atoms with E-state index in [2.05, 4.69) is 15.4 Å². The highest BCUT2D eigenvalue weighted by atomic mass is 16.5. The first-order chi connectivity index (χ1) is 9.13. The Morgan fingerprint density at radius 3 is 2.74 bits per heavy atom. The number of nitrogens with zero attached hydrogens (tertiary/aromatic N) is 3. The summed E-state index contributed by atoms with van der Waals surface area (Å²) in [6, 6.07) is 9.64. The first-order valence-electron chi connectivity index (χ1n) is 5.84. The molecule has 19 heavy (non-hydrogen) atoms. The van der Waals surface area contributed by atoms with Crippen molar-refractivity contribution in [1.29, 1.82) is 0 Å². The Labute approximate surface area is 112 Å². The zero-order chi connectivity index (χ0) is 13.8. The van der Waals surface area contributed by atoms with Crippen molar-refractivity contribution >= 4 is 17.5 Å². The number of hydrogen-bond acceptors (Lipinski definition) is 6. The summed E-state index contributed by atoms with van der Waals surface area (Å²) in [5, 5.41) is 0. The number of ether oxygens (including phenoxy) is 1. The van der Waals surface area contributed by atoms with E-state index >= 15 is 0 Å². The molecule has 1 heterocycles. The smallest absolute Gasteiger partial charge is 0.239 e. The summed E-state index contributed by atoms with van der Waals surface area (Å²) in [6.45, 7) is 1.89. The average molecular weight is 259 g/mol. The van der Waals surface area contributed by atoms with Gasteiger partial charge in [0.2, 0.25) is 5.95 Å². The Morgan fingerprint density at radius 1 is 1.26 bits per heavy atom. The molecule has 0 fully saturated rings. The summed E-state index contributed by atoms with van der Waals surface area (Å²) in [5.74, 6) is 7.31. The summed E-state index contributed by atoms with van der Waals surface area (Å²) < 4.78 is 5.22. The van der Waals surface area contributed by atoms with Crippen molar-refractivity contribution < 1.29 is 4.74 Å². The van der Waals surface area contributed by atoms with Gasteiger partial charge in [0.15, 0.2) is 0 Å². The number of rotatable bonds is 4. The second-order valence-electron chi connectivity index (χ2n) is 4.10. The van der Waals surface area contributed by atoms with E-state index in [9.17, 15) is 0 Å². The molecule has 0 unspecified atom stereocenters. The van der Waals surface area contributed by atoms with Gasteiger partial charge in [-0.25, -0.2) is 10.8 Å². The molecule has 100 valence electrons. The molecule has 2 rings (SSSR count). The predicted octanol–water partition coefficient (Wildman–Crippen LogP) is 1.85. The zero-order valence-electron chi connectivity index (χ0n) is 11.2. The number of nitrogens with one attached hydrogen (secondary N) is 1. The van der Waals surface area contributed by atoms with Gasteiger partial charge in [0.25, 0.3) is 0 Å². The maximum atomic E-state index is 5.36. The van der Waals surface area contributed by atoms with Crippen molar-refractivity contribution in [2.75, 3.05) is 24.5 Å². The van der Waals surface area contributed by atoms with Crippen molar-refractivity contribution in [2.45, 2.75) is 6.92 Å². The third kappa shape index (κ3) is 2.92. The Balaban J connectivity index is 2.37. The number of hydrogen-bond donors (Lipinski definition) is 2. The Hall–Kier alpha value is -2.34. The highest BCUT2D eigenvalue weighted by Gasteiger charge is 2.09. The molecule has 1 aromatic heterocycles.